The molecule has 1 heterocycles. The molecule has 4 aromatic rings. The molecule has 0 saturated heterocycles. The summed E-state index contributed by atoms with van der Waals surface area (Å²) in [5.41, 5.74) is 4.29. The van der Waals surface area contributed by atoms with Crippen molar-refractivity contribution in [1.82, 2.24) is 4.98 Å². The number of carbonyl (C=O) groups is 2. The molecule has 0 saturated carbocycles. The molecule has 0 spiro atoms. The molecule has 1 amide bonds. The van der Waals surface area contributed by atoms with Crippen LogP contribution in [0.1, 0.15) is 27.6 Å². The maximum atomic E-state index is 12.5. The van der Waals surface area contributed by atoms with Crippen molar-refractivity contribution < 1.29 is 9.59 Å². The maximum Gasteiger partial charge on any atom is 0.261 e. The van der Waals surface area contributed by atoms with Crippen molar-refractivity contribution in [3.05, 3.63) is 112 Å². The minimum absolute atomic E-state index is 0.0142. The van der Waals surface area contributed by atoms with Crippen LogP contribution in [0.25, 0.3) is 22.4 Å². The Labute approximate surface area is 179 Å². The molecule has 0 aliphatic rings. The van der Waals surface area contributed by atoms with Crippen LogP contribution in [-0.2, 0) is 0 Å². The molecule has 1 aromatic heterocycles. The van der Waals surface area contributed by atoms with Gasteiger partial charge in [0.1, 0.15) is 5.56 Å². The first-order valence-electron chi connectivity index (χ1n) is 9.83. The first kappa shape index (κ1) is 20.0. The van der Waals surface area contributed by atoms with Crippen molar-refractivity contribution in [2.75, 3.05) is 5.32 Å². The van der Waals surface area contributed by atoms with Gasteiger partial charge in [-0.3, -0.25) is 14.4 Å². The smallest absolute Gasteiger partial charge is 0.261 e. The normalized spacial score (nSPS) is 10.5. The Balaban J connectivity index is 1.52. The van der Waals surface area contributed by atoms with Crippen molar-refractivity contribution >= 4 is 17.4 Å². The molecule has 0 atom stereocenters. The number of nitrogens with one attached hydrogen (secondary N) is 2. The Hall–Kier alpha value is -4.25. The molecule has 0 aliphatic carbocycles. The van der Waals surface area contributed by atoms with Gasteiger partial charge < -0.3 is 10.3 Å². The van der Waals surface area contributed by atoms with E-state index < -0.39 is 11.5 Å². The van der Waals surface area contributed by atoms with Crippen molar-refractivity contribution in [3.63, 3.8) is 0 Å². The van der Waals surface area contributed by atoms with Crippen molar-refractivity contribution in [2.45, 2.75) is 6.92 Å². The number of anilines is 1. The van der Waals surface area contributed by atoms with Gasteiger partial charge in [-0.25, -0.2) is 0 Å². The first-order chi connectivity index (χ1) is 15.0. The van der Waals surface area contributed by atoms with E-state index >= 15 is 0 Å². The highest BCUT2D eigenvalue weighted by Gasteiger charge is 2.12. The Morgan fingerprint density at radius 1 is 0.710 bits per heavy atom. The largest absolute Gasteiger partial charge is 0.322 e. The van der Waals surface area contributed by atoms with Gasteiger partial charge in [0.15, 0.2) is 5.78 Å². The number of amides is 1. The molecular formula is C26H20N2O3. The summed E-state index contributed by atoms with van der Waals surface area (Å²) in [6, 6.07) is 27.6. The van der Waals surface area contributed by atoms with Crippen molar-refractivity contribution in [1.29, 1.82) is 0 Å². The third-order valence-electron chi connectivity index (χ3n) is 5.01. The van der Waals surface area contributed by atoms with Crippen molar-refractivity contribution in [3.8, 4) is 22.4 Å². The van der Waals surface area contributed by atoms with Gasteiger partial charge in [-0.15, -0.1) is 0 Å². The Kier molecular flexibility index (Phi) is 5.58. The van der Waals surface area contributed by atoms with E-state index in [1.165, 1.54) is 13.0 Å². The summed E-state index contributed by atoms with van der Waals surface area (Å²) >= 11 is 0. The predicted octanol–water partition coefficient (Wildman–Crippen LogP) is 5.16. The summed E-state index contributed by atoms with van der Waals surface area (Å²) in [6.07, 6.45) is 0. The molecule has 0 fully saturated rings. The number of aromatic amines is 1. The zero-order valence-corrected chi connectivity index (χ0v) is 16.9. The number of aromatic nitrogens is 1. The van der Waals surface area contributed by atoms with Crippen molar-refractivity contribution in [2.24, 2.45) is 0 Å². The summed E-state index contributed by atoms with van der Waals surface area (Å²) < 4.78 is 0. The molecular weight excluding hydrogens is 388 g/mol. The number of carbonyl (C=O) groups excluding carboxylic acids is 2. The fourth-order valence-electron chi connectivity index (χ4n) is 3.28. The van der Waals surface area contributed by atoms with Crippen LogP contribution in [0.3, 0.4) is 0 Å². The van der Waals surface area contributed by atoms with E-state index in [9.17, 15) is 14.4 Å². The molecule has 0 aliphatic heterocycles. The van der Waals surface area contributed by atoms with E-state index in [0.29, 0.717) is 16.9 Å². The van der Waals surface area contributed by atoms with Gasteiger partial charge in [-0.1, -0.05) is 54.6 Å². The Bertz CT molecular complexity index is 1290. The van der Waals surface area contributed by atoms with Crippen LogP contribution in [0.15, 0.2) is 95.8 Å². The summed E-state index contributed by atoms with van der Waals surface area (Å²) in [5, 5.41) is 2.68. The lowest BCUT2D eigenvalue weighted by molar-refractivity contribution is 0.101. The van der Waals surface area contributed by atoms with Crippen LogP contribution in [-0.4, -0.2) is 16.7 Å². The quantitative estimate of drug-likeness (QED) is 0.448. The molecule has 2 N–H and O–H groups in total. The molecule has 152 valence electrons. The van der Waals surface area contributed by atoms with Crippen LogP contribution >= 0.6 is 0 Å². The highest BCUT2D eigenvalue weighted by molar-refractivity contribution is 6.04. The predicted molar refractivity (Wildman–Crippen MR) is 122 cm³/mol. The molecule has 3 aromatic carbocycles. The molecule has 5 heteroatoms. The summed E-state index contributed by atoms with van der Waals surface area (Å²) in [5.74, 6) is -0.565. The number of pyridine rings is 1. The SMILES string of the molecule is CC(=O)c1ccc(NC(=O)c2ccc(-c3ccc(-c4ccccc4)cc3)[nH]c2=O)cc1. The fraction of sp³-hybridized carbons (Fsp3) is 0.0385. The standard InChI is InChI=1S/C26H20N2O3/c1-17(29)18-11-13-22(14-12-18)27-25(30)23-15-16-24(28-26(23)31)21-9-7-20(8-10-21)19-5-3-2-4-6-19/h2-16H,1H3,(H,27,30)(H,28,31). The lowest BCUT2D eigenvalue weighted by Gasteiger charge is -2.08. The number of Topliss-reactive ketones (excluding diaryl/α,β-unsaturated/α-hetero) is 1. The molecule has 0 bridgehead atoms. The van der Waals surface area contributed by atoms with Gasteiger partial charge >= 0.3 is 0 Å². The van der Waals surface area contributed by atoms with Crippen LogP contribution in [0, 0.1) is 0 Å². The van der Waals surface area contributed by atoms with E-state index in [4.69, 9.17) is 0 Å². The topological polar surface area (TPSA) is 79.0 Å². The second-order valence-electron chi connectivity index (χ2n) is 7.15. The monoisotopic (exact) mass is 408 g/mol. The van der Waals surface area contributed by atoms with Crippen LogP contribution in [0.5, 0.6) is 0 Å². The van der Waals surface area contributed by atoms with Gasteiger partial charge in [0.25, 0.3) is 11.5 Å². The summed E-state index contributed by atoms with van der Waals surface area (Å²) in [6.45, 7) is 1.48. The third kappa shape index (κ3) is 4.51. The highest BCUT2D eigenvalue weighted by Crippen LogP contribution is 2.23. The lowest BCUT2D eigenvalue weighted by Crippen LogP contribution is -2.23. The molecule has 4 rings (SSSR count). The highest BCUT2D eigenvalue weighted by atomic mass is 16.2. The van der Waals surface area contributed by atoms with Gasteiger partial charge in [-0.2, -0.15) is 0 Å². The second kappa shape index (κ2) is 8.63. The van der Waals surface area contributed by atoms with E-state index in [1.807, 2.05) is 54.6 Å². The Morgan fingerprint density at radius 2 is 1.32 bits per heavy atom. The average Bonchev–Trinajstić information content (AvgIpc) is 2.80. The molecule has 0 radical (unpaired) electrons. The number of rotatable bonds is 5. The number of hydrogen-bond donors (Lipinski definition) is 2. The second-order valence-corrected chi connectivity index (χ2v) is 7.15. The van der Waals surface area contributed by atoms with Gasteiger partial charge in [0.05, 0.1) is 0 Å². The Morgan fingerprint density at radius 3 is 1.94 bits per heavy atom. The van der Waals surface area contributed by atoms with Gasteiger partial charge in [0, 0.05) is 16.9 Å². The average molecular weight is 408 g/mol. The molecule has 5 nitrogen and oxygen atoms in total. The van der Waals surface area contributed by atoms with E-state index in [-0.39, 0.29) is 11.3 Å². The minimum atomic E-state index is -0.511. The maximum absolute atomic E-state index is 12.5. The first-order valence-corrected chi connectivity index (χ1v) is 9.83. The fourth-order valence-corrected chi connectivity index (χ4v) is 3.28. The number of hydrogen-bond acceptors (Lipinski definition) is 3. The minimum Gasteiger partial charge on any atom is -0.322 e. The van der Waals surface area contributed by atoms with Gasteiger partial charge in [-0.05, 0) is 60.0 Å². The van der Waals surface area contributed by atoms with Gasteiger partial charge in [0.2, 0.25) is 0 Å². The lowest BCUT2D eigenvalue weighted by atomic mass is 10.0. The number of benzene rings is 3. The molecule has 0 unspecified atom stereocenters. The third-order valence-corrected chi connectivity index (χ3v) is 5.01. The zero-order chi connectivity index (χ0) is 21.8. The van der Waals surface area contributed by atoms with Crippen LogP contribution in [0.4, 0.5) is 5.69 Å². The number of H-pyrrole nitrogens is 1. The number of ketones is 1. The van der Waals surface area contributed by atoms with E-state index in [1.54, 1.807) is 30.3 Å². The van der Waals surface area contributed by atoms with Crippen LogP contribution in [0.2, 0.25) is 0 Å². The van der Waals surface area contributed by atoms with Crippen LogP contribution < -0.4 is 10.9 Å². The summed E-state index contributed by atoms with van der Waals surface area (Å²) in [7, 11) is 0. The molecule has 31 heavy (non-hydrogen) atoms. The van der Waals surface area contributed by atoms with E-state index in [0.717, 1.165) is 16.7 Å². The zero-order valence-electron chi connectivity index (χ0n) is 16.9. The van der Waals surface area contributed by atoms with E-state index in [2.05, 4.69) is 10.3 Å². The summed E-state index contributed by atoms with van der Waals surface area (Å²) in [4.78, 5) is 39.2.